The van der Waals surface area contributed by atoms with Gasteiger partial charge in [0.25, 0.3) is 0 Å². The monoisotopic (exact) mass is 394 g/mol. The van der Waals surface area contributed by atoms with E-state index in [1.54, 1.807) is 0 Å². The molecule has 0 atom stereocenters. The van der Waals surface area contributed by atoms with E-state index in [0.29, 0.717) is 0 Å². The Labute approximate surface area is 159 Å². The Morgan fingerprint density at radius 1 is 0.565 bits per heavy atom. The molecule has 0 spiro atoms. The number of hydrogen-bond acceptors (Lipinski definition) is 0. The third kappa shape index (κ3) is 12.9. The summed E-state index contributed by atoms with van der Waals surface area (Å²) in [6.07, 6.45) is 0. The van der Waals surface area contributed by atoms with Crippen molar-refractivity contribution >= 4 is 16.1 Å². The third-order valence-electron chi connectivity index (χ3n) is 4.04. The molecule has 0 heterocycles. The Morgan fingerprint density at radius 3 is 0.783 bits per heavy atom. The van der Waals surface area contributed by atoms with E-state index in [9.17, 15) is 0 Å². The van der Waals surface area contributed by atoms with Crippen molar-refractivity contribution < 1.29 is 16.8 Å². The summed E-state index contributed by atoms with van der Waals surface area (Å²) in [5, 5.41) is 0. The van der Waals surface area contributed by atoms with Crippen LogP contribution in [0.25, 0.3) is 0 Å². The zero-order valence-corrected chi connectivity index (χ0v) is 20.4. The van der Waals surface area contributed by atoms with Crippen molar-refractivity contribution in [2.24, 2.45) is 0 Å². The molecule has 0 saturated heterocycles. The van der Waals surface area contributed by atoms with Crippen LogP contribution in [-0.2, 0) is 16.8 Å². The fourth-order valence-electron chi connectivity index (χ4n) is 1.41. The maximum absolute atomic E-state index is 3.69. The maximum Gasteiger partial charge on any atom is 0.0679 e. The molecule has 0 bridgehead atoms. The van der Waals surface area contributed by atoms with Crippen molar-refractivity contribution in [3.05, 3.63) is 52.8 Å². The van der Waals surface area contributed by atoms with Gasteiger partial charge in [0.15, 0.2) is 0 Å². The van der Waals surface area contributed by atoms with Gasteiger partial charge < -0.3 is 0 Å². The normalized spacial score (nSPS) is 15.1. The minimum absolute atomic E-state index is 0. The van der Waals surface area contributed by atoms with Gasteiger partial charge in [0.2, 0.25) is 0 Å². The first-order chi connectivity index (χ1) is 9.67. The zero-order chi connectivity index (χ0) is 18.3. The van der Waals surface area contributed by atoms with E-state index in [1.165, 1.54) is 28.2 Å². The van der Waals surface area contributed by atoms with Crippen LogP contribution in [0.4, 0.5) is 0 Å². The molecule has 0 fully saturated rings. The molecule has 1 aliphatic carbocycles. The molecule has 136 valence electrons. The molecule has 0 nitrogen and oxygen atoms in total. The second-order valence-electron chi connectivity index (χ2n) is 8.27. The van der Waals surface area contributed by atoms with Crippen molar-refractivity contribution in [2.75, 3.05) is 0 Å². The Kier molecular flexibility index (Phi) is 13.8. The molecule has 0 aliphatic heterocycles. The van der Waals surface area contributed by atoms with Gasteiger partial charge in [-0.15, -0.1) is 24.6 Å². The minimum Gasteiger partial charge on any atom is -0.107 e. The average molecular weight is 395 g/mol. The van der Waals surface area contributed by atoms with Crippen molar-refractivity contribution in [1.82, 2.24) is 0 Å². The van der Waals surface area contributed by atoms with E-state index >= 15 is 0 Å². The van der Waals surface area contributed by atoms with E-state index in [-0.39, 0.29) is 16.8 Å². The summed E-state index contributed by atoms with van der Waals surface area (Å²) in [4.78, 5) is 0. The predicted octanol–water partition coefficient (Wildman–Crippen LogP) is 7.36. The van der Waals surface area contributed by atoms with E-state index < -0.39 is 16.1 Å². The van der Waals surface area contributed by atoms with Gasteiger partial charge in [0.05, 0.1) is 16.1 Å². The van der Waals surface area contributed by atoms with E-state index in [1.807, 2.05) is 0 Å². The predicted molar refractivity (Wildman–Crippen MR) is 113 cm³/mol. The molecule has 0 aromatic carbocycles. The molecule has 0 saturated carbocycles. The summed E-state index contributed by atoms with van der Waals surface area (Å²) in [6.45, 7) is 32.0. The molecule has 0 N–H and O–H groups in total. The third-order valence-corrected chi connectivity index (χ3v) is 6.49. The second-order valence-corrected chi connectivity index (χ2v) is 18.5. The second kappa shape index (κ2) is 11.5. The summed E-state index contributed by atoms with van der Waals surface area (Å²) in [5.74, 6) is 1.47. The standard InChI is InChI=1S/C10H15.2C5H12Si.Co/c1-6-7(2)9(4)10(5)8(6)3;2*1-5-6(2,3)4;/h1-5H3;2*5H,1H2,2-4H3;. The number of allylic oxidation sites excluding steroid dienone is 4. The molecule has 0 amide bonds. The SMILES string of the molecule is C=C[Si](C)(C)C.C=C[Si](C)(C)C.C[C]1C(C)=C(C)C(C)=C1C.[Co]. The van der Waals surface area contributed by atoms with E-state index in [4.69, 9.17) is 0 Å². The Hall–Kier alpha value is -0.0997. The minimum atomic E-state index is -0.867. The fraction of sp³-hybridized carbons (Fsp3) is 0.550. The van der Waals surface area contributed by atoms with Crippen LogP contribution in [0.3, 0.4) is 0 Å². The maximum atomic E-state index is 3.69. The first-order valence-electron chi connectivity index (χ1n) is 8.14. The quantitative estimate of drug-likeness (QED) is 0.429. The van der Waals surface area contributed by atoms with Crippen LogP contribution in [-0.4, -0.2) is 16.1 Å². The molecular weight excluding hydrogens is 355 g/mol. The first-order valence-corrected chi connectivity index (χ1v) is 15.3. The molecule has 2 radical (unpaired) electrons. The van der Waals surface area contributed by atoms with Crippen LogP contribution in [0.2, 0.25) is 39.3 Å². The topological polar surface area (TPSA) is 0 Å². The molecule has 0 unspecified atom stereocenters. The molecule has 0 aromatic rings. The van der Waals surface area contributed by atoms with Gasteiger partial charge in [-0.05, 0) is 38.8 Å². The zero-order valence-electron chi connectivity index (χ0n) is 17.4. The molecule has 3 heteroatoms. The van der Waals surface area contributed by atoms with Gasteiger partial charge in [0, 0.05) is 22.7 Å². The summed E-state index contributed by atoms with van der Waals surface area (Å²) < 4.78 is 0. The fourth-order valence-corrected chi connectivity index (χ4v) is 1.41. The van der Waals surface area contributed by atoms with Crippen molar-refractivity contribution in [1.29, 1.82) is 0 Å². The summed E-state index contributed by atoms with van der Waals surface area (Å²) >= 11 is 0. The summed E-state index contributed by atoms with van der Waals surface area (Å²) in [6, 6.07) is 0. The molecule has 1 aliphatic rings. The Morgan fingerprint density at radius 2 is 0.739 bits per heavy atom. The van der Waals surface area contributed by atoms with Crippen molar-refractivity contribution in [2.45, 2.75) is 73.9 Å². The molecule has 0 aromatic heterocycles. The van der Waals surface area contributed by atoms with Crippen molar-refractivity contribution in [3.63, 3.8) is 0 Å². The smallest absolute Gasteiger partial charge is 0.0679 e. The van der Waals surface area contributed by atoms with Gasteiger partial charge in [-0.2, -0.15) is 0 Å². The molecule has 1 rings (SSSR count). The first kappa shape index (κ1) is 27.7. The van der Waals surface area contributed by atoms with Crippen LogP contribution in [0, 0.1) is 5.92 Å². The van der Waals surface area contributed by atoms with Gasteiger partial charge in [-0.25, -0.2) is 0 Å². The van der Waals surface area contributed by atoms with Gasteiger partial charge in [-0.1, -0.05) is 57.4 Å². The molecule has 23 heavy (non-hydrogen) atoms. The largest absolute Gasteiger partial charge is 0.107 e. The van der Waals surface area contributed by atoms with E-state index in [2.05, 4.69) is 98.5 Å². The van der Waals surface area contributed by atoms with Crippen LogP contribution in [0.5, 0.6) is 0 Å². The van der Waals surface area contributed by atoms with Crippen LogP contribution in [0.1, 0.15) is 34.6 Å². The van der Waals surface area contributed by atoms with Gasteiger partial charge >= 0.3 is 0 Å². The van der Waals surface area contributed by atoms with Crippen LogP contribution >= 0.6 is 0 Å². The summed E-state index contributed by atoms with van der Waals surface area (Å²) in [7, 11) is -1.73. The van der Waals surface area contributed by atoms with Crippen LogP contribution in [0.15, 0.2) is 46.8 Å². The molecular formula is C20H39CoSi2. The van der Waals surface area contributed by atoms with Crippen molar-refractivity contribution in [3.8, 4) is 0 Å². The summed E-state index contributed by atoms with van der Waals surface area (Å²) in [5.41, 5.74) is 10.0. The number of rotatable bonds is 2. The average Bonchev–Trinajstić information content (AvgIpc) is 2.57. The Balaban J connectivity index is -0.000000271. The number of hydrogen-bond donors (Lipinski definition) is 0. The van der Waals surface area contributed by atoms with Gasteiger partial charge in [0.1, 0.15) is 0 Å². The van der Waals surface area contributed by atoms with Gasteiger partial charge in [-0.3, -0.25) is 0 Å². The van der Waals surface area contributed by atoms with Crippen LogP contribution < -0.4 is 0 Å². The van der Waals surface area contributed by atoms with E-state index in [0.717, 1.165) is 0 Å². The Bertz CT molecular complexity index is 401.